The zero-order valence-corrected chi connectivity index (χ0v) is 20.8. The maximum Gasteiger partial charge on any atom is 0.294 e. The summed E-state index contributed by atoms with van der Waals surface area (Å²) in [6.07, 6.45) is 1.78. The molecule has 0 unspecified atom stereocenters. The highest BCUT2D eigenvalue weighted by Gasteiger charge is 2.37. The van der Waals surface area contributed by atoms with E-state index in [2.05, 4.69) is 4.57 Å². The van der Waals surface area contributed by atoms with E-state index in [0.29, 0.717) is 42.8 Å². The lowest BCUT2D eigenvalue weighted by Gasteiger charge is -2.28. The molecule has 0 N–H and O–H groups in total. The van der Waals surface area contributed by atoms with Gasteiger partial charge in [0.2, 0.25) is 5.91 Å². The SMILES string of the molecule is Cc1c(/C=C2/SC(=O)N(CC(=O)N3CCOCC3)C2=O)c2ccccc2n1Cc1ccc(Cl)cc1. The molecular weight excluding hydrogens is 486 g/mol. The highest BCUT2D eigenvalue weighted by molar-refractivity contribution is 8.18. The average molecular weight is 510 g/mol. The van der Waals surface area contributed by atoms with Crippen LogP contribution in [0.3, 0.4) is 0 Å². The Bertz CT molecular complexity index is 1340. The van der Waals surface area contributed by atoms with Crippen molar-refractivity contribution in [1.82, 2.24) is 14.4 Å². The van der Waals surface area contributed by atoms with Crippen molar-refractivity contribution in [3.05, 3.63) is 75.3 Å². The fraction of sp³-hybridized carbons (Fsp3) is 0.269. The van der Waals surface area contributed by atoms with E-state index in [-0.39, 0.29) is 12.5 Å². The first kappa shape index (κ1) is 23.7. The predicted molar refractivity (Wildman–Crippen MR) is 137 cm³/mol. The molecule has 0 atom stereocenters. The lowest BCUT2D eigenvalue weighted by molar-refractivity contribution is -0.139. The lowest BCUT2D eigenvalue weighted by atomic mass is 10.1. The number of thioether (sulfide) groups is 1. The van der Waals surface area contributed by atoms with Gasteiger partial charge in [-0.1, -0.05) is 41.9 Å². The number of hydrogen-bond donors (Lipinski definition) is 0. The topological polar surface area (TPSA) is 71.9 Å². The van der Waals surface area contributed by atoms with Crippen molar-refractivity contribution in [3.8, 4) is 0 Å². The van der Waals surface area contributed by atoms with Crippen LogP contribution in [0.5, 0.6) is 0 Å². The Morgan fingerprint density at radius 1 is 1.09 bits per heavy atom. The van der Waals surface area contributed by atoms with Gasteiger partial charge in [-0.2, -0.15) is 0 Å². The van der Waals surface area contributed by atoms with Crippen molar-refractivity contribution >= 4 is 57.4 Å². The molecule has 7 nitrogen and oxygen atoms in total. The first-order valence-corrected chi connectivity index (χ1v) is 12.5. The number of imide groups is 1. The van der Waals surface area contributed by atoms with Gasteiger partial charge in [-0.15, -0.1) is 0 Å². The van der Waals surface area contributed by atoms with Crippen molar-refractivity contribution in [3.63, 3.8) is 0 Å². The summed E-state index contributed by atoms with van der Waals surface area (Å²) in [5.41, 5.74) is 4.01. The van der Waals surface area contributed by atoms with Crippen molar-refractivity contribution in [1.29, 1.82) is 0 Å². The van der Waals surface area contributed by atoms with Crippen LogP contribution in [0.4, 0.5) is 4.79 Å². The predicted octanol–water partition coefficient (Wildman–Crippen LogP) is 4.55. The minimum Gasteiger partial charge on any atom is -0.378 e. The van der Waals surface area contributed by atoms with Crippen LogP contribution in [0, 0.1) is 6.92 Å². The summed E-state index contributed by atoms with van der Waals surface area (Å²) in [4.78, 5) is 41.4. The van der Waals surface area contributed by atoms with E-state index in [9.17, 15) is 14.4 Å². The molecule has 2 fully saturated rings. The average Bonchev–Trinajstić information content (AvgIpc) is 3.29. The van der Waals surface area contributed by atoms with Crippen LogP contribution in [0.1, 0.15) is 16.8 Å². The molecule has 0 spiro atoms. The second-order valence-corrected chi connectivity index (χ2v) is 9.92. The number of halogens is 1. The van der Waals surface area contributed by atoms with Crippen molar-refractivity contribution in [2.24, 2.45) is 0 Å². The second-order valence-electron chi connectivity index (χ2n) is 8.49. The van der Waals surface area contributed by atoms with E-state index in [1.807, 2.05) is 55.5 Å². The molecule has 0 saturated carbocycles. The molecule has 180 valence electrons. The van der Waals surface area contributed by atoms with Gasteiger partial charge < -0.3 is 14.2 Å². The summed E-state index contributed by atoms with van der Waals surface area (Å²) >= 11 is 6.92. The molecule has 0 aliphatic carbocycles. The van der Waals surface area contributed by atoms with Gasteiger partial charge in [0.1, 0.15) is 6.54 Å². The lowest BCUT2D eigenvalue weighted by Crippen LogP contribution is -2.46. The van der Waals surface area contributed by atoms with Gasteiger partial charge in [0.25, 0.3) is 11.1 Å². The van der Waals surface area contributed by atoms with Crippen LogP contribution in [-0.2, 0) is 20.9 Å². The fourth-order valence-corrected chi connectivity index (χ4v) is 5.38. The molecule has 0 bridgehead atoms. The second kappa shape index (κ2) is 9.89. The number of fused-ring (bicyclic) bond motifs is 1. The van der Waals surface area contributed by atoms with Gasteiger partial charge in [0.15, 0.2) is 0 Å². The minimum absolute atomic E-state index is 0.243. The Morgan fingerprint density at radius 3 is 2.54 bits per heavy atom. The Morgan fingerprint density at radius 2 is 1.80 bits per heavy atom. The minimum atomic E-state index is -0.435. The van der Waals surface area contributed by atoms with Crippen LogP contribution in [0.25, 0.3) is 17.0 Å². The van der Waals surface area contributed by atoms with E-state index < -0.39 is 11.1 Å². The van der Waals surface area contributed by atoms with Crippen molar-refractivity contribution < 1.29 is 19.1 Å². The third kappa shape index (κ3) is 4.74. The Balaban J connectivity index is 1.44. The van der Waals surface area contributed by atoms with Gasteiger partial charge >= 0.3 is 0 Å². The summed E-state index contributed by atoms with van der Waals surface area (Å²) in [5.74, 6) is -0.678. The molecule has 1 aromatic heterocycles. The third-order valence-corrected chi connectivity index (χ3v) is 7.50. The maximum absolute atomic E-state index is 13.1. The smallest absolute Gasteiger partial charge is 0.294 e. The molecule has 3 aromatic rings. The van der Waals surface area contributed by atoms with Gasteiger partial charge in [0.05, 0.1) is 18.1 Å². The summed E-state index contributed by atoms with van der Waals surface area (Å²) < 4.78 is 7.47. The maximum atomic E-state index is 13.1. The number of benzene rings is 2. The van der Waals surface area contributed by atoms with Crippen LogP contribution < -0.4 is 0 Å². The van der Waals surface area contributed by atoms with Crippen LogP contribution in [0.2, 0.25) is 5.02 Å². The van der Waals surface area contributed by atoms with Gasteiger partial charge in [0, 0.05) is 46.8 Å². The number of nitrogens with zero attached hydrogens (tertiary/aromatic N) is 3. The van der Waals surface area contributed by atoms with E-state index in [0.717, 1.165) is 44.4 Å². The number of para-hydroxylation sites is 1. The molecule has 3 heterocycles. The highest BCUT2D eigenvalue weighted by atomic mass is 35.5. The summed E-state index contributed by atoms with van der Waals surface area (Å²) in [7, 11) is 0. The van der Waals surface area contributed by atoms with Crippen LogP contribution in [0.15, 0.2) is 53.4 Å². The van der Waals surface area contributed by atoms with Gasteiger partial charge in [-0.25, -0.2) is 0 Å². The summed E-state index contributed by atoms with van der Waals surface area (Å²) in [5, 5.41) is 1.26. The van der Waals surface area contributed by atoms with E-state index >= 15 is 0 Å². The standard InChI is InChI=1S/C26H24ClN3O4S/c1-17-21(20-4-2-3-5-22(20)29(17)15-18-6-8-19(27)9-7-18)14-23-25(32)30(26(33)35-23)16-24(31)28-10-12-34-13-11-28/h2-9,14H,10-13,15-16H2,1H3/b23-14+. The molecule has 0 radical (unpaired) electrons. The number of rotatable bonds is 5. The number of carbonyl (C=O) groups excluding carboxylic acids is 3. The molecule has 35 heavy (non-hydrogen) atoms. The molecule has 2 aliphatic rings. The molecule has 2 saturated heterocycles. The molecule has 2 aromatic carbocycles. The summed E-state index contributed by atoms with van der Waals surface area (Å²) in [6, 6.07) is 15.7. The number of morpholine rings is 1. The first-order valence-electron chi connectivity index (χ1n) is 11.4. The fourth-order valence-electron chi connectivity index (χ4n) is 4.43. The normalized spacial score (nSPS) is 17.7. The van der Waals surface area contributed by atoms with Crippen LogP contribution in [-0.4, -0.2) is 64.3 Å². The molecule has 9 heteroatoms. The quantitative estimate of drug-likeness (QED) is 0.472. The van der Waals surface area contributed by atoms with Gasteiger partial charge in [-0.3, -0.25) is 19.3 Å². The zero-order valence-electron chi connectivity index (χ0n) is 19.2. The number of hydrogen-bond acceptors (Lipinski definition) is 5. The zero-order chi connectivity index (χ0) is 24.5. The van der Waals surface area contributed by atoms with E-state index in [1.54, 1.807) is 11.0 Å². The summed E-state index contributed by atoms with van der Waals surface area (Å²) in [6.45, 7) is 4.27. The Labute approximate surface area is 212 Å². The van der Waals surface area contributed by atoms with E-state index in [4.69, 9.17) is 16.3 Å². The number of carbonyl (C=O) groups is 3. The molecule has 3 amide bonds. The third-order valence-electron chi connectivity index (χ3n) is 6.34. The van der Waals surface area contributed by atoms with Crippen LogP contribution >= 0.6 is 23.4 Å². The first-order chi connectivity index (χ1) is 16.9. The Hall–Kier alpha value is -3.07. The number of ether oxygens (including phenoxy) is 1. The largest absolute Gasteiger partial charge is 0.378 e. The molecular formula is C26H24ClN3O4S. The molecule has 5 rings (SSSR count). The molecule has 2 aliphatic heterocycles. The van der Waals surface area contributed by atoms with Crippen molar-refractivity contribution in [2.75, 3.05) is 32.8 Å². The van der Waals surface area contributed by atoms with Crippen molar-refractivity contribution in [2.45, 2.75) is 13.5 Å². The van der Waals surface area contributed by atoms with E-state index in [1.165, 1.54) is 0 Å². The number of amides is 3. The van der Waals surface area contributed by atoms with Gasteiger partial charge in [-0.05, 0) is 48.5 Å². The highest BCUT2D eigenvalue weighted by Crippen LogP contribution is 2.36. The Kier molecular flexibility index (Phi) is 6.69. The monoisotopic (exact) mass is 509 g/mol. The number of aromatic nitrogens is 1.